The molecule has 0 aromatic carbocycles. The van der Waals surface area contributed by atoms with Gasteiger partial charge in [-0.2, -0.15) is 10.5 Å². The molecule has 1 fully saturated rings. The van der Waals surface area contributed by atoms with E-state index in [0.29, 0.717) is 0 Å². The van der Waals surface area contributed by atoms with Crippen LogP contribution in [0.25, 0.3) is 0 Å². The molecule has 2 atom stereocenters. The summed E-state index contributed by atoms with van der Waals surface area (Å²) < 4.78 is 0. The maximum Gasteiger partial charge on any atom is 0.0988 e. The first-order valence-electron chi connectivity index (χ1n) is 4.38. The topological polar surface area (TPSA) is 50.8 Å². The van der Waals surface area contributed by atoms with Crippen LogP contribution >= 0.6 is 0 Å². The zero-order chi connectivity index (χ0) is 8.97. The molecule has 12 heavy (non-hydrogen) atoms. The summed E-state index contributed by atoms with van der Waals surface area (Å²) in [6.07, 6.45) is 2.79. The standard InChI is InChI=1S/C9H13N3/c1-2-8(6-10)12-5-3-4-9(12)7-11/h8-9H,2-5H2,1H3. The van der Waals surface area contributed by atoms with E-state index < -0.39 is 0 Å². The normalized spacial score (nSPS) is 26.1. The fraction of sp³-hybridized carbons (Fsp3) is 0.778. The number of hydrogen-bond donors (Lipinski definition) is 0. The second-order valence-corrected chi connectivity index (χ2v) is 3.08. The fourth-order valence-corrected chi connectivity index (χ4v) is 1.70. The summed E-state index contributed by atoms with van der Waals surface area (Å²) in [5, 5.41) is 17.6. The quantitative estimate of drug-likeness (QED) is 0.616. The van der Waals surface area contributed by atoms with Gasteiger partial charge in [0.2, 0.25) is 0 Å². The van der Waals surface area contributed by atoms with Crippen LogP contribution in [-0.4, -0.2) is 23.5 Å². The lowest BCUT2D eigenvalue weighted by Gasteiger charge is -2.23. The molecule has 0 radical (unpaired) electrons. The minimum atomic E-state index is -0.0582. The van der Waals surface area contributed by atoms with E-state index in [9.17, 15) is 0 Å². The lowest BCUT2D eigenvalue weighted by Crippen LogP contribution is -2.36. The van der Waals surface area contributed by atoms with Crippen LogP contribution in [0, 0.1) is 22.7 Å². The highest BCUT2D eigenvalue weighted by atomic mass is 15.2. The lowest BCUT2D eigenvalue weighted by atomic mass is 10.2. The first-order chi connectivity index (χ1) is 5.83. The van der Waals surface area contributed by atoms with Gasteiger partial charge in [-0.15, -0.1) is 0 Å². The van der Waals surface area contributed by atoms with Gasteiger partial charge in [0.05, 0.1) is 24.2 Å². The van der Waals surface area contributed by atoms with Crippen LogP contribution in [0.5, 0.6) is 0 Å². The minimum absolute atomic E-state index is 0.0189. The third kappa shape index (κ3) is 1.57. The van der Waals surface area contributed by atoms with Crippen LogP contribution in [0.4, 0.5) is 0 Å². The summed E-state index contributed by atoms with van der Waals surface area (Å²) >= 11 is 0. The first-order valence-corrected chi connectivity index (χ1v) is 4.38. The number of likely N-dealkylation sites (tertiary alicyclic amines) is 1. The summed E-state index contributed by atoms with van der Waals surface area (Å²) in [7, 11) is 0. The third-order valence-electron chi connectivity index (χ3n) is 2.38. The van der Waals surface area contributed by atoms with Crippen LogP contribution < -0.4 is 0 Å². The smallest absolute Gasteiger partial charge is 0.0988 e. The van der Waals surface area contributed by atoms with Gasteiger partial charge in [-0.05, 0) is 19.3 Å². The van der Waals surface area contributed by atoms with Crippen molar-refractivity contribution in [1.29, 1.82) is 10.5 Å². The van der Waals surface area contributed by atoms with Gasteiger partial charge in [-0.3, -0.25) is 4.90 Å². The Kier molecular flexibility index (Phi) is 3.08. The summed E-state index contributed by atoms with van der Waals surface area (Å²) in [5.74, 6) is 0. The molecular weight excluding hydrogens is 150 g/mol. The van der Waals surface area contributed by atoms with Crippen molar-refractivity contribution >= 4 is 0 Å². The molecule has 0 N–H and O–H groups in total. The summed E-state index contributed by atoms with van der Waals surface area (Å²) in [6.45, 7) is 2.89. The molecule has 1 aliphatic heterocycles. The average Bonchev–Trinajstić information content (AvgIpc) is 2.55. The Morgan fingerprint density at radius 1 is 1.58 bits per heavy atom. The Labute approximate surface area is 73.2 Å². The second kappa shape index (κ2) is 4.09. The third-order valence-corrected chi connectivity index (χ3v) is 2.38. The van der Waals surface area contributed by atoms with Crippen molar-refractivity contribution in [3.63, 3.8) is 0 Å². The van der Waals surface area contributed by atoms with Crippen molar-refractivity contribution in [3.05, 3.63) is 0 Å². The molecule has 1 heterocycles. The average molecular weight is 163 g/mol. The highest BCUT2D eigenvalue weighted by Gasteiger charge is 2.29. The predicted molar refractivity (Wildman–Crippen MR) is 45.0 cm³/mol. The van der Waals surface area contributed by atoms with Crippen LogP contribution in [-0.2, 0) is 0 Å². The highest BCUT2D eigenvalue weighted by Crippen LogP contribution is 2.20. The summed E-state index contributed by atoms with van der Waals surface area (Å²) in [4.78, 5) is 2.01. The Balaban J connectivity index is 2.62. The highest BCUT2D eigenvalue weighted by molar-refractivity contribution is 5.03. The van der Waals surface area contributed by atoms with E-state index in [0.717, 1.165) is 25.8 Å². The largest absolute Gasteiger partial charge is 0.272 e. The van der Waals surface area contributed by atoms with Crippen LogP contribution in [0.1, 0.15) is 26.2 Å². The molecule has 2 unspecified atom stereocenters. The van der Waals surface area contributed by atoms with Crippen molar-refractivity contribution in [2.24, 2.45) is 0 Å². The molecule has 0 spiro atoms. The van der Waals surface area contributed by atoms with Gasteiger partial charge in [0.15, 0.2) is 0 Å². The molecule has 3 heteroatoms. The molecule has 1 saturated heterocycles. The van der Waals surface area contributed by atoms with Gasteiger partial charge >= 0.3 is 0 Å². The van der Waals surface area contributed by atoms with E-state index in [2.05, 4.69) is 12.1 Å². The van der Waals surface area contributed by atoms with Crippen LogP contribution in [0.3, 0.4) is 0 Å². The SMILES string of the molecule is CCC(C#N)N1CCCC1C#N. The summed E-state index contributed by atoms with van der Waals surface area (Å²) in [5.41, 5.74) is 0. The zero-order valence-electron chi connectivity index (χ0n) is 7.32. The molecule has 3 nitrogen and oxygen atoms in total. The molecule has 1 aliphatic rings. The molecule has 0 aliphatic carbocycles. The molecule has 1 rings (SSSR count). The number of hydrogen-bond acceptors (Lipinski definition) is 3. The molecule has 64 valence electrons. The Morgan fingerprint density at radius 3 is 2.83 bits per heavy atom. The van der Waals surface area contributed by atoms with E-state index in [-0.39, 0.29) is 12.1 Å². The maximum absolute atomic E-state index is 8.80. The number of nitrogens with zero attached hydrogens (tertiary/aromatic N) is 3. The second-order valence-electron chi connectivity index (χ2n) is 3.08. The van der Waals surface area contributed by atoms with Gasteiger partial charge in [0.25, 0.3) is 0 Å². The van der Waals surface area contributed by atoms with Crippen molar-refractivity contribution in [2.45, 2.75) is 38.3 Å². The van der Waals surface area contributed by atoms with Crippen molar-refractivity contribution in [2.75, 3.05) is 6.54 Å². The Hall–Kier alpha value is -1.06. The van der Waals surface area contributed by atoms with Crippen molar-refractivity contribution in [3.8, 4) is 12.1 Å². The Bertz CT molecular complexity index is 223. The molecule has 0 aromatic heterocycles. The van der Waals surface area contributed by atoms with Crippen molar-refractivity contribution < 1.29 is 0 Å². The monoisotopic (exact) mass is 163 g/mol. The van der Waals surface area contributed by atoms with Gasteiger partial charge in [-0.1, -0.05) is 6.92 Å². The van der Waals surface area contributed by atoms with E-state index >= 15 is 0 Å². The first kappa shape index (κ1) is 9.03. The molecule has 0 aromatic rings. The predicted octanol–water partition coefficient (Wildman–Crippen LogP) is 1.28. The molecular formula is C9H13N3. The number of nitriles is 2. The van der Waals surface area contributed by atoms with Gasteiger partial charge in [0.1, 0.15) is 0 Å². The number of rotatable bonds is 2. The van der Waals surface area contributed by atoms with Crippen molar-refractivity contribution in [1.82, 2.24) is 4.90 Å². The van der Waals surface area contributed by atoms with E-state index in [1.165, 1.54) is 0 Å². The van der Waals surface area contributed by atoms with Crippen LogP contribution in [0.2, 0.25) is 0 Å². The van der Waals surface area contributed by atoms with E-state index in [1.54, 1.807) is 0 Å². The van der Waals surface area contributed by atoms with E-state index in [1.807, 2.05) is 11.8 Å². The van der Waals surface area contributed by atoms with E-state index in [4.69, 9.17) is 10.5 Å². The van der Waals surface area contributed by atoms with Gasteiger partial charge in [-0.25, -0.2) is 0 Å². The fourth-order valence-electron chi connectivity index (χ4n) is 1.70. The zero-order valence-corrected chi connectivity index (χ0v) is 7.32. The lowest BCUT2D eigenvalue weighted by molar-refractivity contribution is 0.246. The molecule has 0 saturated carbocycles. The molecule has 0 bridgehead atoms. The minimum Gasteiger partial charge on any atom is -0.272 e. The molecule has 0 amide bonds. The summed E-state index contributed by atoms with van der Waals surface area (Å²) in [6, 6.07) is 4.39. The van der Waals surface area contributed by atoms with Gasteiger partial charge in [0, 0.05) is 6.54 Å². The van der Waals surface area contributed by atoms with Gasteiger partial charge < -0.3 is 0 Å². The maximum atomic E-state index is 8.80. The Morgan fingerprint density at radius 2 is 2.33 bits per heavy atom. The van der Waals surface area contributed by atoms with Crippen LogP contribution in [0.15, 0.2) is 0 Å².